The summed E-state index contributed by atoms with van der Waals surface area (Å²) in [5.41, 5.74) is 1.01. The highest BCUT2D eigenvalue weighted by Gasteiger charge is 2.06. The van der Waals surface area contributed by atoms with E-state index in [0.29, 0.717) is 13.1 Å². The Hall–Kier alpha value is -2.01. The van der Waals surface area contributed by atoms with Gasteiger partial charge >= 0.3 is 0 Å². The molecule has 0 saturated carbocycles. The van der Waals surface area contributed by atoms with Crippen molar-refractivity contribution in [2.75, 3.05) is 13.1 Å². The molecule has 0 bridgehead atoms. The summed E-state index contributed by atoms with van der Waals surface area (Å²) in [6.07, 6.45) is 9.52. The highest BCUT2D eigenvalue weighted by molar-refractivity contribution is 5.91. The monoisotopic (exact) mass is 227 g/mol. The summed E-state index contributed by atoms with van der Waals surface area (Å²) in [7, 11) is 0. The molecular formula is C15H17NO. The first kappa shape index (κ1) is 13.1. The Bertz CT molecular complexity index is 414. The second-order valence-corrected chi connectivity index (χ2v) is 3.71. The molecule has 0 aromatic heterocycles. The molecule has 1 amide bonds. The minimum Gasteiger partial charge on any atom is -0.328 e. The van der Waals surface area contributed by atoms with Crippen molar-refractivity contribution in [1.29, 1.82) is 0 Å². The molecule has 0 heterocycles. The average molecular weight is 227 g/mol. The van der Waals surface area contributed by atoms with Gasteiger partial charge in [-0.15, -0.1) is 6.42 Å². The van der Waals surface area contributed by atoms with Crippen molar-refractivity contribution in [1.82, 2.24) is 4.90 Å². The van der Waals surface area contributed by atoms with Gasteiger partial charge in [-0.25, -0.2) is 0 Å². The Kier molecular flexibility index (Phi) is 5.60. The number of hydrogen-bond donors (Lipinski definition) is 0. The topological polar surface area (TPSA) is 20.3 Å². The Morgan fingerprint density at radius 1 is 1.41 bits per heavy atom. The van der Waals surface area contributed by atoms with Crippen LogP contribution in [0.4, 0.5) is 0 Å². The summed E-state index contributed by atoms with van der Waals surface area (Å²) in [6.45, 7) is 3.09. The third kappa shape index (κ3) is 4.56. The maximum atomic E-state index is 11.8. The second kappa shape index (κ2) is 7.29. The van der Waals surface area contributed by atoms with E-state index in [4.69, 9.17) is 6.42 Å². The minimum absolute atomic E-state index is 0.0337. The first-order valence-electron chi connectivity index (χ1n) is 5.73. The molecular weight excluding hydrogens is 210 g/mol. The number of carbonyl (C=O) groups excluding carboxylic acids is 1. The fraction of sp³-hybridized carbons (Fsp3) is 0.267. The van der Waals surface area contributed by atoms with E-state index in [1.54, 1.807) is 11.0 Å². The van der Waals surface area contributed by atoms with Crippen LogP contribution < -0.4 is 0 Å². The van der Waals surface area contributed by atoms with Crippen LogP contribution in [0.1, 0.15) is 18.9 Å². The van der Waals surface area contributed by atoms with Crippen molar-refractivity contribution < 1.29 is 4.79 Å². The van der Waals surface area contributed by atoms with E-state index in [1.807, 2.05) is 43.3 Å². The molecule has 0 unspecified atom stereocenters. The maximum Gasteiger partial charge on any atom is 0.247 e. The first-order chi connectivity index (χ1) is 8.27. The van der Waals surface area contributed by atoms with Gasteiger partial charge in [-0.05, 0) is 18.1 Å². The Morgan fingerprint density at radius 3 is 2.71 bits per heavy atom. The van der Waals surface area contributed by atoms with Gasteiger partial charge in [-0.2, -0.15) is 0 Å². The maximum absolute atomic E-state index is 11.8. The molecule has 0 saturated heterocycles. The van der Waals surface area contributed by atoms with E-state index in [9.17, 15) is 4.79 Å². The van der Waals surface area contributed by atoms with Crippen molar-refractivity contribution in [2.45, 2.75) is 13.3 Å². The SMILES string of the molecule is C#CCN(CCC)C(=O)/C=C/c1ccccc1. The molecule has 2 heteroatoms. The van der Waals surface area contributed by atoms with Crippen LogP contribution in [-0.2, 0) is 4.79 Å². The van der Waals surface area contributed by atoms with Crippen LogP contribution in [0.15, 0.2) is 36.4 Å². The van der Waals surface area contributed by atoms with E-state index in [0.717, 1.165) is 12.0 Å². The lowest BCUT2D eigenvalue weighted by atomic mass is 10.2. The predicted octanol–water partition coefficient (Wildman–Crippen LogP) is 2.57. The fourth-order valence-corrected chi connectivity index (χ4v) is 1.48. The number of amides is 1. The first-order valence-corrected chi connectivity index (χ1v) is 5.73. The largest absolute Gasteiger partial charge is 0.328 e. The van der Waals surface area contributed by atoms with Crippen LogP contribution in [0.3, 0.4) is 0 Å². The van der Waals surface area contributed by atoms with Crippen molar-refractivity contribution in [3.8, 4) is 12.3 Å². The zero-order valence-electron chi connectivity index (χ0n) is 10.1. The van der Waals surface area contributed by atoms with Crippen molar-refractivity contribution >= 4 is 12.0 Å². The molecule has 1 aromatic rings. The molecule has 0 aliphatic rings. The van der Waals surface area contributed by atoms with Gasteiger partial charge in [0.1, 0.15) is 0 Å². The van der Waals surface area contributed by atoms with E-state index in [-0.39, 0.29) is 5.91 Å². The third-order valence-electron chi connectivity index (χ3n) is 2.31. The zero-order valence-corrected chi connectivity index (χ0v) is 10.1. The summed E-state index contributed by atoms with van der Waals surface area (Å²) in [4.78, 5) is 13.5. The Balaban J connectivity index is 2.64. The lowest BCUT2D eigenvalue weighted by molar-refractivity contribution is -0.125. The van der Waals surface area contributed by atoms with Gasteiger partial charge < -0.3 is 4.90 Å². The number of rotatable bonds is 5. The van der Waals surface area contributed by atoms with Gasteiger partial charge in [0.2, 0.25) is 5.91 Å². The molecule has 0 aliphatic heterocycles. The van der Waals surface area contributed by atoms with Crippen LogP contribution in [0, 0.1) is 12.3 Å². The standard InChI is InChI=1S/C15H17NO/c1-3-12-16(13-4-2)15(17)11-10-14-8-6-5-7-9-14/h1,5-11H,4,12-13H2,2H3/b11-10+. The van der Waals surface area contributed by atoms with Gasteiger partial charge in [0.15, 0.2) is 0 Å². The van der Waals surface area contributed by atoms with Crippen LogP contribution in [0.2, 0.25) is 0 Å². The Labute approximate surface area is 103 Å². The van der Waals surface area contributed by atoms with E-state index >= 15 is 0 Å². The molecule has 1 rings (SSSR count). The van der Waals surface area contributed by atoms with E-state index in [1.165, 1.54) is 0 Å². The summed E-state index contributed by atoms with van der Waals surface area (Å²) in [6, 6.07) is 9.73. The summed E-state index contributed by atoms with van der Waals surface area (Å²) in [5.74, 6) is 2.47. The molecule has 0 radical (unpaired) electrons. The Morgan fingerprint density at radius 2 is 2.12 bits per heavy atom. The van der Waals surface area contributed by atoms with Crippen molar-refractivity contribution in [2.24, 2.45) is 0 Å². The van der Waals surface area contributed by atoms with Gasteiger partial charge in [-0.1, -0.05) is 43.2 Å². The van der Waals surface area contributed by atoms with Crippen LogP contribution >= 0.6 is 0 Å². The molecule has 1 aromatic carbocycles. The minimum atomic E-state index is -0.0337. The molecule has 17 heavy (non-hydrogen) atoms. The highest BCUT2D eigenvalue weighted by atomic mass is 16.2. The van der Waals surface area contributed by atoms with Crippen molar-refractivity contribution in [3.05, 3.63) is 42.0 Å². The molecule has 2 nitrogen and oxygen atoms in total. The normalized spacial score (nSPS) is 10.1. The number of nitrogens with zero attached hydrogens (tertiary/aromatic N) is 1. The predicted molar refractivity (Wildman–Crippen MR) is 71.2 cm³/mol. The second-order valence-electron chi connectivity index (χ2n) is 3.71. The molecule has 88 valence electrons. The smallest absolute Gasteiger partial charge is 0.247 e. The lowest BCUT2D eigenvalue weighted by Crippen LogP contribution is -2.30. The van der Waals surface area contributed by atoms with Gasteiger partial charge in [0.05, 0.1) is 6.54 Å². The molecule has 0 spiro atoms. The summed E-state index contributed by atoms with van der Waals surface area (Å²) in [5, 5.41) is 0. The number of carbonyl (C=O) groups is 1. The van der Waals surface area contributed by atoms with Gasteiger partial charge in [0, 0.05) is 12.6 Å². The van der Waals surface area contributed by atoms with Gasteiger partial charge in [-0.3, -0.25) is 4.79 Å². The zero-order chi connectivity index (χ0) is 12.5. The summed E-state index contributed by atoms with van der Waals surface area (Å²) >= 11 is 0. The average Bonchev–Trinajstić information content (AvgIpc) is 2.37. The third-order valence-corrected chi connectivity index (χ3v) is 2.31. The van der Waals surface area contributed by atoms with Crippen LogP contribution in [0.5, 0.6) is 0 Å². The van der Waals surface area contributed by atoms with Crippen molar-refractivity contribution in [3.63, 3.8) is 0 Å². The molecule has 0 atom stereocenters. The van der Waals surface area contributed by atoms with E-state index < -0.39 is 0 Å². The molecule has 0 aliphatic carbocycles. The number of benzene rings is 1. The fourth-order valence-electron chi connectivity index (χ4n) is 1.48. The molecule has 0 N–H and O–H groups in total. The van der Waals surface area contributed by atoms with Crippen LogP contribution in [0.25, 0.3) is 6.08 Å². The van der Waals surface area contributed by atoms with E-state index in [2.05, 4.69) is 5.92 Å². The number of terminal acetylenes is 1. The number of hydrogen-bond acceptors (Lipinski definition) is 1. The quantitative estimate of drug-likeness (QED) is 0.559. The van der Waals surface area contributed by atoms with Crippen LogP contribution in [-0.4, -0.2) is 23.9 Å². The van der Waals surface area contributed by atoms with Gasteiger partial charge in [0.25, 0.3) is 0 Å². The lowest BCUT2D eigenvalue weighted by Gasteiger charge is -2.16. The highest BCUT2D eigenvalue weighted by Crippen LogP contribution is 2.02. The molecule has 0 fully saturated rings. The summed E-state index contributed by atoms with van der Waals surface area (Å²) < 4.78 is 0.